The molecule has 19 heavy (non-hydrogen) atoms. The third-order valence-corrected chi connectivity index (χ3v) is 2.98. The molecule has 2 aromatic rings. The quantitative estimate of drug-likeness (QED) is 0.779. The van der Waals surface area contributed by atoms with Crippen LogP contribution in [0.15, 0.2) is 42.5 Å². The first-order valence-corrected chi connectivity index (χ1v) is 6.22. The van der Waals surface area contributed by atoms with Crippen molar-refractivity contribution >= 4 is 29.7 Å². The predicted octanol–water partition coefficient (Wildman–Crippen LogP) is 4.11. The average molecular weight is 297 g/mol. The number of ether oxygens (including phenoxy) is 2. The van der Waals surface area contributed by atoms with Crippen molar-refractivity contribution in [3.63, 3.8) is 0 Å². The van der Waals surface area contributed by atoms with Crippen molar-refractivity contribution in [3.8, 4) is 11.5 Å². The van der Waals surface area contributed by atoms with Crippen LogP contribution in [0.3, 0.4) is 0 Å². The van der Waals surface area contributed by atoms with Gasteiger partial charge in [-0.3, -0.25) is 4.79 Å². The van der Waals surface area contributed by atoms with Crippen molar-refractivity contribution in [2.75, 3.05) is 0 Å². The van der Waals surface area contributed by atoms with E-state index in [-0.39, 0.29) is 6.61 Å². The van der Waals surface area contributed by atoms with Crippen molar-refractivity contribution in [2.45, 2.75) is 6.61 Å². The van der Waals surface area contributed by atoms with Gasteiger partial charge in [-0.2, -0.15) is 0 Å². The van der Waals surface area contributed by atoms with Crippen LogP contribution >= 0.6 is 23.2 Å². The number of halogens is 2. The number of rotatable bonds is 5. The van der Waals surface area contributed by atoms with E-state index in [4.69, 9.17) is 32.7 Å². The zero-order valence-electron chi connectivity index (χ0n) is 9.81. The Morgan fingerprint density at radius 3 is 2.42 bits per heavy atom. The van der Waals surface area contributed by atoms with Crippen LogP contribution in [-0.4, -0.2) is 6.47 Å². The van der Waals surface area contributed by atoms with E-state index >= 15 is 0 Å². The van der Waals surface area contributed by atoms with Crippen molar-refractivity contribution in [2.24, 2.45) is 0 Å². The minimum absolute atomic E-state index is 0.277. The van der Waals surface area contributed by atoms with Crippen LogP contribution in [0.5, 0.6) is 11.5 Å². The molecule has 5 heteroatoms. The molecule has 0 unspecified atom stereocenters. The lowest BCUT2D eigenvalue weighted by molar-refractivity contribution is -0.120. The minimum Gasteiger partial charge on any atom is -0.486 e. The summed E-state index contributed by atoms with van der Waals surface area (Å²) >= 11 is 12.0. The molecule has 0 heterocycles. The van der Waals surface area contributed by atoms with Gasteiger partial charge in [0.05, 0.1) is 10.0 Å². The molecular weight excluding hydrogens is 287 g/mol. The van der Waals surface area contributed by atoms with E-state index < -0.39 is 0 Å². The number of benzene rings is 2. The number of carbonyl (C=O) groups excluding carboxylic acids is 1. The number of para-hydroxylation sites is 1. The Morgan fingerprint density at radius 1 is 1.05 bits per heavy atom. The van der Waals surface area contributed by atoms with Crippen molar-refractivity contribution in [3.05, 3.63) is 58.1 Å². The standard InChI is InChI=1S/C14H10Cl2O3/c15-12-5-2-6-13(16)14(12)18-8-10-3-1-4-11(7-10)19-9-17/h1-7,9H,8H2. The second-order valence-electron chi connectivity index (χ2n) is 3.70. The van der Waals surface area contributed by atoms with Crippen molar-refractivity contribution in [1.82, 2.24) is 0 Å². The largest absolute Gasteiger partial charge is 0.486 e. The second-order valence-corrected chi connectivity index (χ2v) is 4.52. The summed E-state index contributed by atoms with van der Waals surface area (Å²) in [4.78, 5) is 10.3. The van der Waals surface area contributed by atoms with Crippen LogP contribution < -0.4 is 9.47 Å². The van der Waals surface area contributed by atoms with Gasteiger partial charge >= 0.3 is 0 Å². The SMILES string of the molecule is O=COc1cccc(COc2c(Cl)cccc2Cl)c1. The maximum atomic E-state index is 10.3. The Kier molecular flexibility index (Phi) is 4.66. The first-order valence-electron chi connectivity index (χ1n) is 5.47. The van der Waals surface area contributed by atoms with Gasteiger partial charge in [0.1, 0.15) is 12.4 Å². The van der Waals surface area contributed by atoms with E-state index in [2.05, 4.69) is 0 Å². The van der Waals surface area contributed by atoms with E-state index in [0.29, 0.717) is 28.0 Å². The zero-order chi connectivity index (χ0) is 13.7. The molecule has 0 amide bonds. The lowest BCUT2D eigenvalue weighted by atomic mass is 10.2. The fourth-order valence-electron chi connectivity index (χ4n) is 1.54. The minimum atomic E-state index is 0.277. The maximum absolute atomic E-state index is 10.3. The van der Waals surface area contributed by atoms with Crippen LogP contribution in [-0.2, 0) is 11.4 Å². The smallest absolute Gasteiger partial charge is 0.298 e. The van der Waals surface area contributed by atoms with E-state index in [9.17, 15) is 4.79 Å². The van der Waals surface area contributed by atoms with Gasteiger partial charge in [-0.25, -0.2) is 0 Å². The number of hydrogen-bond acceptors (Lipinski definition) is 3. The Bertz CT molecular complexity index is 564. The molecule has 0 N–H and O–H groups in total. The van der Waals surface area contributed by atoms with Gasteiger partial charge < -0.3 is 9.47 Å². The molecule has 98 valence electrons. The van der Waals surface area contributed by atoms with Gasteiger partial charge in [0.2, 0.25) is 0 Å². The van der Waals surface area contributed by atoms with E-state index in [1.807, 2.05) is 6.07 Å². The van der Waals surface area contributed by atoms with Crippen molar-refractivity contribution in [1.29, 1.82) is 0 Å². The van der Waals surface area contributed by atoms with E-state index in [1.54, 1.807) is 36.4 Å². The molecule has 0 atom stereocenters. The highest BCUT2D eigenvalue weighted by Gasteiger charge is 2.07. The molecule has 0 aromatic heterocycles. The van der Waals surface area contributed by atoms with Crippen LogP contribution in [0.2, 0.25) is 10.0 Å². The van der Waals surface area contributed by atoms with Gasteiger partial charge in [0.25, 0.3) is 6.47 Å². The maximum Gasteiger partial charge on any atom is 0.298 e. The van der Waals surface area contributed by atoms with E-state index in [1.165, 1.54) is 0 Å². The molecular formula is C14H10Cl2O3. The second kappa shape index (κ2) is 6.45. The first-order chi connectivity index (χ1) is 9.20. The molecule has 2 rings (SSSR count). The summed E-state index contributed by atoms with van der Waals surface area (Å²) in [7, 11) is 0. The van der Waals surface area contributed by atoms with Gasteiger partial charge in [0, 0.05) is 0 Å². The molecule has 3 nitrogen and oxygen atoms in total. The average Bonchev–Trinajstić information content (AvgIpc) is 2.39. The molecule has 0 saturated heterocycles. The summed E-state index contributed by atoms with van der Waals surface area (Å²) in [5.74, 6) is 0.897. The van der Waals surface area contributed by atoms with Crippen LogP contribution in [0.25, 0.3) is 0 Å². The lowest BCUT2D eigenvalue weighted by Gasteiger charge is -2.10. The number of hydrogen-bond donors (Lipinski definition) is 0. The molecule has 0 radical (unpaired) electrons. The van der Waals surface area contributed by atoms with Crippen molar-refractivity contribution < 1.29 is 14.3 Å². The Balaban J connectivity index is 2.10. The summed E-state index contributed by atoms with van der Waals surface area (Å²) in [6, 6.07) is 12.2. The predicted molar refractivity (Wildman–Crippen MR) is 73.9 cm³/mol. The van der Waals surface area contributed by atoms with Gasteiger partial charge in [-0.1, -0.05) is 41.4 Å². The molecule has 0 spiro atoms. The molecule has 2 aromatic carbocycles. The molecule has 0 saturated carbocycles. The Hall–Kier alpha value is -1.71. The third kappa shape index (κ3) is 3.63. The van der Waals surface area contributed by atoms with Crippen LogP contribution in [0.1, 0.15) is 5.56 Å². The van der Waals surface area contributed by atoms with Gasteiger partial charge in [-0.15, -0.1) is 0 Å². The first kappa shape index (κ1) is 13.7. The Morgan fingerprint density at radius 2 is 1.74 bits per heavy atom. The Labute approximate surface area is 120 Å². The fourth-order valence-corrected chi connectivity index (χ4v) is 2.05. The topological polar surface area (TPSA) is 35.5 Å². The molecule has 0 aliphatic rings. The molecule has 0 aliphatic heterocycles. The third-order valence-electron chi connectivity index (χ3n) is 2.38. The summed E-state index contributed by atoms with van der Waals surface area (Å²) in [5.41, 5.74) is 0.843. The highest BCUT2D eigenvalue weighted by Crippen LogP contribution is 2.33. The fraction of sp³-hybridized carbons (Fsp3) is 0.0714. The zero-order valence-corrected chi connectivity index (χ0v) is 11.3. The van der Waals surface area contributed by atoms with Gasteiger partial charge in [0.15, 0.2) is 5.75 Å². The summed E-state index contributed by atoms with van der Waals surface area (Å²) in [5, 5.41) is 0.903. The highest BCUT2D eigenvalue weighted by molar-refractivity contribution is 6.37. The normalized spacial score (nSPS) is 10.0. The molecule has 0 fully saturated rings. The highest BCUT2D eigenvalue weighted by atomic mass is 35.5. The molecule has 0 aliphatic carbocycles. The summed E-state index contributed by atoms with van der Waals surface area (Å²) < 4.78 is 10.3. The summed E-state index contributed by atoms with van der Waals surface area (Å²) in [6.45, 7) is 0.657. The molecule has 0 bridgehead atoms. The van der Waals surface area contributed by atoms with Gasteiger partial charge in [-0.05, 0) is 29.8 Å². The monoisotopic (exact) mass is 296 g/mol. The van der Waals surface area contributed by atoms with Crippen LogP contribution in [0.4, 0.5) is 0 Å². The summed E-state index contributed by atoms with van der Waals surface area (Å²) in [6.07, 6.45) is 0. The lowest BCUT2D eigenvalue weighted by Crippen LogP contribution is -1.97. The van der Waals surface area contributed by atoms with Crippen LogP contribution in [0, 0.1) is 0 Å². The van der Waals surface area contributed by atoms with E-state index in [0.717, 1.165) is 5.56 Å². The number of carbonyl (C=O) groups is 1.